The summed E-state index contributed by atoms with van der Waals surface area (Å²) in [6, 6.07) is 0. The monoisotopic (exact) mass is 255 g/mol. The number of likely N-dealkylation sites (N-methyl/N-ethyl adjacent to an activating group) is 3. The number of nitrogens with zero attached hydrogens (tertiary/aromatic N) is 5. The van der Waals surface area contributed by atoms with Crippen LogP contribution in [0.4, 0.5) is 0 Å². The number of nitro groups is 2. The Morgan fingerprint density at radius 1 is 0.944 bits per heavy atom. The second kappa shape index (κ2) is 3.95. The van der Waals surface area contributed by atoms with E-state index in [2.05, 4.69) is 0 Å². The van der Waals surface area contributed by atoms with Crippen molar-refractivity contribution < 1.29 is 9.85 Å². The molecule has 0 N–H and O–H groups in total. The van der Waals surface area contributed by atoms with E-state index in [9.17, 15) is 20.2 Å². The summed E-state index contributed by atoms with van der Waals surface area (Å²) < 4.78 is 0. The highest BCUT2D eigenvalue weighted by atomic mass is 16.6. The van der Waals surface area contributed by atoms with Crippen LogP contribution in [0.25, 0.3) is 0 Å². The van der Waals surface area contributed by atoms with E-state index in [0.29, 0.717) is 0 Å². The highest BCUT2D eigenvalue weighted by Gasteiger charge is 2.49. The van der Waals surface area contributed by atoms with Gasteiger partial charge in [-0.3, -0.25) is 20.2 Å². The quantitative estimate of drug-likeness (QED) is 0.493. The van der Waals surface area contributed by atoms with Crippen LogP contribution >= 0.6 is 0 Å². The maximum Gasteiger partial charge on any atom is 0.299 e. The van der Waals surface area contributed by atoms with Crippen LogP contribution < -0.4 is 0 Å². The van der Waals surface area contributed by atoms with Gasteiger partial charge in [0.15, 0.2) is 12.3 Å². The Labute approximate surface area is 103 Å². The summed E-state index contributed by atoms with van der Waals surface area (Å²) in [7, 11) is 4.81. The van der Waals surface area contributed by atoms with Gasteiger partial charge >= 0.3 is 0 Å². The third kappa shape index (κ3) is 1.59. The van der Waals surface area contributed by atoms with Crippen LogP contribution in [0.3, 0.4) is 0 Å². The Hall–Kier alpha value is -2.16. The molecule has 0 fully saturated rings. The van der Waals surface area contributed by atoms with Crippen molar-refractivity contribution in [3.05, 3.63) is 44.0 Å². The molecule has 2 aliphatic heterocycles. The molecule has 0 radical (unpaired) electrons. The van der Waals surface area contributed by atoms with E-state index in [0.717, 1.165) is 0 Å². The zero-order valence-corrected chi connectivity index (χ0v) is 10.2. The third-order valence-electron chi connectivity index (χ3n) is 3.17. The summed E-state index contributed by atoms with van der Waals surface area (Å²) in [5, 5.41) is 22.0. The lowest BCUT2D eigenvalue weighted by atomic mass is 10.1. The first-order chi connectivity index (χ1) is 8.34. The lowest BCUT2D eigenvalue weighted by Crippen LogP contribution is -2.62. The molecule has 2 aliphatic rings. The smallest absolute Gasteiger partial charge is 0.299 e. The molecule has 0 saturated heterocycles. The number of fused-ring (bicyclic) bond motifs is 2. The first kappa shape index (κ1) is 12.3. The van der Waals surface area contributed by atoms with Gasteiger partial charge in [-0.2, -0.15) is 0 Å². The van der Waals surface area contributed by atoms with E-state index >= 15 is 0 Å². The van der Waals surface area contributed by atoms with E-state index < -0.39 is 22.2 Å². The van der Waals surface area contributed by atoms with Crippen molar-refractivity contribution in [3.8, 4) is 0 Å². The molecular formula is C9H13N5O4. The normalized spacial score (nSPS) is 27.7. The number of hydrogen-bond donors (Lipinski definition) is 0. The minimum Gasteiger partial charge on any atom is -0.350 e. The van der Waals surface area contributed by atoms with Crippen molar-refractivity contribution in [2.75, 3.05) is 21.1 Å². The topological polar surface area (TPSA) is 96.0 Å². The van der Waals surface area contributed by atoms with E-state index in [4.69, 9.17) is 0 Å². The maximum atomic E-state index is 11.0. The first-order valence-corrected chi connectivity index (χ1v) is 5.22. The van der Waals surface area contributed by atoms with Crippen LogP contribution in [0.1, 0.15) is 0 Å². The van der Waals surface area contributed by atoms with Gasteiger partial charge in [-0.25, -0.2) is 4.90 Å². The minimum atomic E-state index is -0.593. The summed E-state index contributed by atoms with van der Waals surface area (Å²) in [4.78, 5) is 25.7. The summed E-state index contributed by atoms with van der Waals surface area (Å²) >= 11 is 0. The molecule has 0 spiro atoms. The van der Waals surface area contributed by atoms with Gasteiger partial charge in [-0.05, 0) is 7.05 Å². The van der Waals surface area contributed by atoms with Gasteiger partial charge in [-0.15, -0.1) is 0 Å². The summed E-state index contributed by atoms with van der Waals surface area (Å²) in [5.41, 5.74) is -0.00482. The maximum absolute atomic E-state index is 11.0. The van der Waals surface area contributed by atoms with Gasteiger partial charge in [0.25, 0.3) is 11.4 Å². The van der Waals surface area contributed by atoms with Gasteiger partial charge in [0, 0.05) is 14.1 Å². The van der Waals surface area contributed by atoms with Crippen molar-refractivity contribution in [3.63, 3.8) is 0 Å². The van der Waals surface area contributed by atoms with Crippen molar-refractivity contribution >= 4 is 0 Å². The molecule has 0 unspecified atom stereocenters. The molecule has 98 valence electrons. The van der Waals surface area contributed by atoms with Gasteiger partial charge in [0.2, 0.25) is 0 Å². The highest BCUT2D eigenvalue weighted by Crippen LogP contribution is 2.32. The highest BCUT2D eigenvalue weighted by molar-refractivity contribution is 5.19. The van der Waals surface area contributed by atoms with Gasteiger partial charge in [-0.1, -0.05) is 0 Å². The van der Waals surface area contributed by atoms with Crippen molar-refractivity contribution in [1.29, 1.82) is 0 Å². The zero-order chi connectivity index (χ0) is 13.6. The largest absolute Gasteiger partial charge is 0.350 e. The second-order valence-corrected chi connectivity index (χ2v) is 4.37. The molecule has 0 amide bonds. The predicted molar refractivity (Wildman–Crippen MR) is 61.0 cm³/mol. The van der Waals surface area contributed by atoms with Gasteiger partial charge in [0.1, 0.15) is 0 Å². The van der Waals surface area contributed by atoms with Crippen LogP contribution in [0.2, 0.25) is 0 Å². The van der Waals surface area contributed by atoms with Crippen LogP contribution in [0.5, 0.6) is 0 Å². The first-order valence-electron chi connectivity index (χ1n) is 5.22. The van der Waals surface area contributed by atoms with Crippen molar-refractivity contribution in [2.45, 2.75) is 12.3 Å². The molecule has 9 nitrogen and oxygen atoms in total. The molecule has 0 aromatic carbocycles. The van der Waals surface area contributed by atoms with E-state index in [1.807, 2.05) is 0 Å². The number of rotatable bonds is 2. The molecule has 2 bridgehead atoms. The molecule has 2 atom stereocenters. The standard InChI is InChI=1S/C9H13N5O4/c1-10-4-6(13(15)16)9-11(2)5-7(14(17)18)8(10)12(9)3/h4-5,8-9H,1-3H3/t8-,9-/m0/s1. The van der Waals surface area contributed by atoms with Crippen LogP contribution in [0, 0.1) is 20.2 Å². The molecule has 2 heterocycles. The van der Waals surface area contributed by atoms with E-state index in [1.54, 1.807) is 26.0 Å². The van der Waals surface area contributed by atoms with Crippen LogP contribution in [-0.4, -0.2) is 58.0 Å². The van der Waals surface area contributed by atoms with E-state index in [-0.39, 0.29) is 11.4 Å². The summed E-state index contributed by atoms with van der Waals surface area (Å²) in [6.45, 7) is 0. The van der Waals surface area contributed by atoms with Crippen LogP contribution in [0.15, 0.2) is 23.8 Å². The molecule has 2 rings (SSSR count). The predicted octanol–water partition coefficient (Wildman–Crippen LogP) is -0.303. The molecule has 18 heavy (non-hydrogen) atoms. The molecule has 0 saturated carbocycles. The Kier molecular flexibility index (Phi) is 2.70. The average Bonchev–Trinajstić information content (AvgIpc) is 2.24. The summed E-state index contributed by atoms with van der Waals surface area (Å²) in [6.07, 6.45) is 1.51. The fourth-order valence-corrected chi connectivity index (χ4v) is 2.52. The SMILES string of the molecule is CN1C=C([N+](=O)[O-])[C@H]2N(C)C=C([N+](=O)[O-])[C@@H]1N2C. The Bertz CT molecular complexity index is 432. The third-order valence-corrected chi connectivity index (χ3v) is 3.17. The molecule has 0 aromatic heterocycles. The van der Waals surface area contributed by atoms with Gasteiger partial charge in [0.05, 0.1) is 22.2 Å². The number of hydrogen-bond acceptors (Lipinski definition) is 7. The van der Waals surface area contributed by atoms with E-state index in [1.165, 1.54) is 22.2 Å². The Morgan fingerprint density at radius 2 is 1.28 bits per heavy atom. The van der Waals surface area contributed by atoms with Crippen LogP contribution in [-0.2, 0) is 0 Å². The lowest BCUT2D eigenvalue weighted by Gasteiger charge is -2.45. The van der Waals surface area contributed by atoms with Crippen molar-refractivity contribution in [2.24, 2.45) is 0 Å². The average molecular weight is 255 g/mol. The molecular weight excluding hydrogens is 242 g/mol. The second-order valence-electron chi connectivity index (χ2n) is 4.37. The van der Waals surface area contributed by atoms with Crippen molar-refractivity contribution in [1.82, 2.24) is 14.7 Å². The lowest BCUT2D eigenvalue weighted by molar-refractivity contribution is -0.457. The Balaban J connectivity index is 2.51. The fourth-order valence-electron chi connectivity index (χ4n) is 2.52. The minimum absolute atomic E-state index is 0.00241. The van der Waals surface area contributed by atoms with Gasteiger partial charge < -0.3 is 9.80 Å². The Morgan fingerprint density at radius 3 is 1.56 bits per heavy atom. The summed E-state index contributed by atoms with van der Waals surface area (Å²) in [5.74, 6) is 0. The molecule has 0 aliphatic carbocycles. The molecule has 0 aromatic rings. The fraction of sp³-hybridized carbons (Fsp3) is 0.556. The zero-order valence-electron chi connectivity index (χ0n) is 10.2. The molecule has 9 heteroatoms.